The Morgan fingerprint density at radius 3 is 2.76 bits per heavy atom. The minimum Gasteiger partial charge on any atom is -0.466 e. The van der Waals surface area contributed by atoms with Crippen molar-refractivity contribution in [1.29, 1.82) is 0 Å². The highest BCUT2D eigenvalue weighted by molar-refractivity contribution is 5.83. The summed E-state index contributed by atoms with van der Waals surface area (Å²) in [4.78, 5) is 27.3. The number of carbonyl (C=O) groups excluding carboxylic acids is 2. The number of hydrogen-bond donors (Lipinski definition) is 0. The number of nitrogens with zero attached hydrogens (tertiary/aromatic N) is 2. The number of likely N-dealkylation sites (tertiary alicyclic amines) is 1. The maximum Gasteiger partial charge on any atom is 0.314 e. The number of amides is 1. The zero-order valence-electron chi connectivity index (χ0n) is 16.5. The molecule has 2 aromatic rings. The van der Waals surface area contributed by atoms with Crippen LogP contribution in [0.1, 0.15) is 38.4 Å². The molecule has 1 aliphatic carbocycles. The van der Waals surface area contributed by atoms with E-state index in [2.05, 4.69) is 5.16 Å². The Morgan fingerprint density at radius 2 is 2.07 bits per heavy atom. The minimum absolute atomic E-state index is 0.114. The van der Waals surface area contributed by atoms with Gasteiger partial charge in [-0.1, -0.05) is 5.16 Å². The highest BCUT2D eigenvalue weighted by Gasteiger charge is 2.47. The van der Waals surface area contributed by atoms with Gasteiger partial charge in [0.25, 0.3) is 0 Å². The Bertz CT molecular complexity index is 890. The lowest BCUT2D eigenvalue weighted by Gasteiger charge is -2.40. The number of ether oxygens (including phenoxy) is 1. The van der Waals surface area contributed by atoms with Crippen molar-refractivity contribution in [3.05, 3.63) is 41.9 Å². The van der Waals surface area contributed by atoms with Gasteiger partial charge in [0.1, 0.15) is 17.3 Å². The Hall–Kier alpha value is -2.70. The van der Waals surface area contributed by atoms with Crippen LogP contribution in [0.2, 0.25) is 0 Å². The van der Waals surface area contributed by atoms with Crippen molar-refractivity contribution in [2.75, 3.05) is 19.7 Å². The van der Waals surface area contributed by atoms with Crippen molar-refractivity contribution < 1.29 is 23.2 Å². The molecule has 2 heterocycles. The van der Waals surface area contributed by atoms with Gasteiger partial charge in [-0.2, -0.15) is 0 Å². The van der Waals surface area contributed by atoms with Gasteiger partial charge in [-0.05, 0) is 56.9 Å². The number of hydrogen-bond acceptors (Lipinski definition) is 5. The van der Waals surface area contributed by atoms with E-state index in [4.69, 9.17) is 9.26 Å². The highest BCUT2D eigenvalue weighted by Crippen LogP contribution is 2.39. The van der Waals surface area contributed by atoms with Crippen LogP contribution in [-0.2, 0) is 20.7 Å². The number of benzene rings is 1. The van der Waals surface area contributed by atoms with Crippen molar-refractivity contribution in [3.8, 4) is 11.3 Å². The van der Waals surface area contributed by atoms with Crippen LogP contribution in [0.25, 0.3) is 11.3 Å². The summed E-state index contributed by atoms with van der Waals surface area (Å²) in [5.41, 5.74) is 0.486. The van der Waals surface area contributed by atoms with Crippen LogP contribution < -0.4 is 0 Å². The molecular weight excluding hydrogens is 375 g/mol. The van der Waals surface area contributed by atoms with E-state index in [0.717, 1.165) is 24.8 Å². The molecule has 7 heteroatoms. The molecule has 4 rings (SSSR count). The summed E-state index contributed by atoms with van der Waals surface area (Å²) in [5, 5.41) is 4.08. The smallest absolute Gasteiger partial charge is 0.314 e. The predicted octanol–water partition coefficient (Wildman–Crippen LogP) is 3.61. The molecule has 1 aromatic heterocycles. The molecule has 1 aromatic carbocycles. The van der Waals surface area contributed by atoms with Crippen molar-refractivity contribution in [2.45, 2.75) is 39.0 Å². The second kappa shape index (κ2) is 7.97. The van der Waals surface area contributed by atoms with Crippen LogP contribution in [-0.4, -0.2) is 41.6 Å². The van der Waals surface area contributed by atoms with Crippen molar-refractivity contribution in [3.63, 3.8) is 0 Å². The second-order valence-corrected chi connectivity index (χ2v) is 8.00. The average molecular weight is 400 g/mol. The summed E-state index contributed by atoms with van der Waals surface area (Å²) < 4.78 is 24.1. The van der Waals surface area contributed by atoms with Crippen molar-refractivity contribution >= 4 is 11.9 Å². The van der Waals surface area contributed by atoms with Gasteiger partial charge < -0.3 is 14.2 Å². The van der Waals surface area contributed by atoms with Crippen molar-refractivity contribution in [1.82, 2.24) is 10.1 Å². The molecule has 0 bridgehead atoms. The molecule has 0 unspecified atom stereocenters. The number of carbonyl (C=O) groups is 2. The lowest BCUT2D eigenvalue weighted by Crippen LogP contribution is -2.52. The molecule has 6 nitrogen and oxygen atoms in total. The lowest BCUT2D eigenvalue weighted by atomic mass is 9.76. The van der Waals surface area contributed by atoms with E-state index in [9.17, 15) is 14.0 Å². The van der Waals surface area contributed by atoms with Gasteiger partial charge in [0.05, 0.1) is 12.0 Å². The summed E-state index contributed by atoms with van der Waals surface area (Å²) in [7, 11) is 0. The first-order valence-corrected chi connectivity index (χ1v) is 10.2. The summed E-state index contributed by atoms with van der Waals surface area (Å²) in [6.07, 6.45) is 3.56. The number of esters is 1. The first kappa shape index (κ1) is 19.6. The van der Waals surface area contributed by atoms with Crippen LogP contribution in [0, 0.1) is 17.2 Å². The Kier molecular flexibility index (Phi) is 5.39. The van der Waals surface area contributed by atoms with Crippen LogP contribution >= 0.6 is 0 Å². The van der Waals surface area contributed by atoms with Gasteiger partial charge >= 0.3 is 5.97 Å². The van der Waals surface area contributed by atoms with Gasteiger partial charge in [-0.15, -0.1) is 0 Å². The van der Waals surface area contributed by atoms with Crippen LogP contribution in [0.4, 0.5) is 4.39 Å². The fourth-order valence-corrected chi connectivity index (χ4v) is 4.06. The largest absolute Gasteiger partial charge is 0.466 e. The maximum atomic E-state index is 13.2. The third-order valence-corrected chi connectivity index (χ3v) is 5.74. The van der Waals surface area contributed by atoms with Crippen LogP contribution in [0.5, 0.6) is 0 Å². The van der Waals surface area contributed by atoms with E-state index in [1.807, 2.05) is 4.90 Å². The van der Waals surface area contributed by atoms with Gasteiger partial charge in [0.2, 0.25) is 5.91 Å². The van der Waals surface area contributed by atoms with Crippen LogP contribution in [0.3, 0.4) is 0 Å². The SMILES string of the molecule is CCOC(=O)[C@]1(Cc2cc(-c3ccc(F)cc3)no2)CCCN(C(=O)C2CC2)C1. The minimum atomic E-state index is -0.835. The normalized spacial score (nSPS) is 21.8. The van der Waals surface area contributed by atoms with Gasteiger partial charge in [-0.3, -0.25) is 9.59 Å². The molecule has 0 spiro atoms. The molecule has 1 saturated carbocycles. The van der Waals surface area contributed by atoms with E-state index in [1.54, 1.807) is 25.1 Å². The standard InChI is InChI=1S/C22H25FN2O4/c1-2-28-21(27)22(10-3-11-25(14-22)20(26)16-4-5-16)13-18-12-19(24-29-18)15-6-8-17(23)9-7-15/h6-9,12,16H,2-5,10-11,13-14H2,1H3/t22-/m0/s1. The van der Waals surface area contributed by atoms with E-state index < -0.39 is 5.41 Å². The summed E-state index contributed by atoms with van der Waals surface area (Å²) in [6.45, 7) is 3.08. The van der Waals surface area contributed by atoms with Gasteiger partial charge in [-0.25, -0.2) is 4.39 Å². The average Bonchev–Trinajstić information content (AvgIpc) is 3.48. The van der Waals surface area contributed by atoms with E-state index in [-0.39, 0.29) is 30.2 Å². The maximum absolute atomic E-state index is 13.2. The monoisotopic (exact) mass is 400 g/mol. The zero-order valence-corrected chi connectivity index (χ0v) is 16.5. The molecule has 154 valence electrons. The molecule has 1 aliphatic heterocycles. The molecule has 1 atom stereocenters. The number of rotatable bonds is 6. The molecule has 0 N–H and O–H groups in total. The molecule has 1 saturated heterocycles. The Balaban J connectivity index is 1.56. The fraction of sp³-hybridized carbons (Fsp3) is 0.500. The fourth-order valence-electron chi connectivity index (χ4n) is 4.06. The second-order valence-electron chi connectivity index (χ2n) is 8.00. The molecule has 1 amide bonds. The molecular formula is C22H25FN2O4. The summed E-state index contributed by atoms with van der Waals surface area (Å²) in [5.74, 6) is 0.193. The van der Waals surface area contributed by atoms with Gasteiger partial charge in [0, 0.05) is 37.1 Å². The first-order chi connectivity index (χ1) is 14.0. The Labute approximate surface area is 169 Å². The highest BCUT2D eigenvalue weighted by atomic mass is 19.1. The molecule has 0 radical (unpaired) electrons. The van der Waals surface area contributed by atoms with Crippen molar-refractivity contribution in [2.24, 2.45) is 11.3 Å². The zero-order chi connectivity index (χ0) is 20.4. The predicted molar refractivity (Wildman–Crippen MR) is 103 cm³/mol. The number of piperidine rings is 1. The summed E-state index contributed by atoms with van der Waals surface area (Å²) >= 11 is 0. The van der Waals surface area contributed by atoms with E-state index in [1.165, 1.54) is 12.1 Å². The Morgan fingerprint density at radius 1 is 1.31 bits per heavy atom. The molecule has 2 fully saturated rings. The third kappa shape index (κ3) is 4.18. The number of halogens is 1. The number of aromatic nitrogens is 1. The molecule has 2 aliphatic rings. The van der Waals surface area contributed by atoms with E-state index in [0.29, 0.717) is 37.4 Å². The first-order valence-electron chi connectivity index (χ1n) is 10.2. The quantitative estimate of drug-likeness (QED) is 0.693. The van der Waals surface area contributed by atoms with E-state index >= 15 is 0 Å². The summed E-state index contributed by atoms with van der Waals surface area (Å²) in [6, 6.07) is 7.78. The topological polar surface area (TPSA) is 72.6 Å². The lowest BCUT2D eigenvalue weighted by molar-refractivity contribution is -0.161. The molecule has 29 heavy (non-hydrogen) atoms. The third-order valence-electron chi connectivity index (χ3n) is 5.74. The van der Waals surface area contributed by atoms with Crippen LogP contribution in [0.15, 0.2) is 34.9 Å². The van der Waals surface area contributed by atoms with Gasteiger partial charge in [0.15, 0.2) is 0 Å².